The Bertz CT molecular complexity index is 630. The van der Waals surface area contributed by atoms with Crippen LogP contribution in [0.5, 0.6) is 0 Å². The van der Waals surface area contributed by atoms with Gasteiger partial charge in [-0.05, 0) is 12.8 Å². The first kappa shape index (κ1) is 39.1. The van der Waals surface area contributed by atoms with Gasteiger partial charge in [0.05, 0.1) is 10.8 Å². The minimum atomic E-state index is -0.839. The number of aliphatic hydroxyl groups excluding tert-OH is 2. The summed E-state index contributed by atoms with van der Waals surface area (Å²) in [7, 11) is -0.839. The zero-order valence-electron chi connectivity index (χ0n) is 21.5. The van der Waals surface area contributed by atoms with Crippen molar-refractivity contribution in [2.24, 2.45) is 0 Å². The van der Waals surface area contributed by atoms with Crippen LogP contribution in [0.15, 0.2) is 0 Å². The maximum absolute atomic E-state index is 12.1. The molecule has 0 amide bonds. The molecular weight excluding hydrogens is 649 g/mol. The molecule has 0 spiro atoms. The van der Waals surface area contributed by atoms with E-state index in [0.717, 1.165) is 45.4 Å². The van der Waals surface area contributed by atoms with E-state index in [9.17, 15) is 18.6 Å². The normalized spacial score (nSPS) is 11.8. The van der Waals surface area contributed by atoms with Gasteiger partial charge in [0.15, 0.2) is 5.12 Å². The van der Waals surface area contributed by atoms with Gasteiger partial charge in [0.25, 0.3) is 0 Å². The second-order valence-electron chi connectivity index (χ2n) is 7.12. The number of hydrogen-bond donors (Lipinski definition) is 2. The number of carbonyl (C=O) groups is 3. The Morgan fingerprint density at radius 3 is 1.79 bits per heavy atom. The highest BCUT2D eigenvalue weighted by atomic mass is 32.2. The Kier molecular flexibility index (Phi) is 32.0. The van der Waals surface area contributed by atoms with Gasteiger partial charge in [-0.25, -0.2) is 0 Å². The molecule has 0 aliphatic carbocycles. The lowest BCUT2D eigenvalue weighted by atomic mass is 10.3. The van der Waals surface area contributed by atoms with Crippen LogP contribution in [0.2, 0.25) is 0 Å². The summed E-state index contributed by atoms with van der Waals surface area (Å²) in [5.74, 6) is 7.41. The van der Waals surface area contributed by atoms with Crippen LogP contribution >= 0.6 is 82.3 Å². The molecule has 1 atom stereocenters. The molecule has 2 N–H and O–H groups in total. The van der Waals surface area contributed by atoms with Crippen molar-refractivity contribution >= 4 is 110 Å². The summed E-state index contributed by atoms with van der Waals surface area (Å²) < 4.78 is 22.1. The number of thioether (sulfide) groups is 7. The van der Waals surface area contributed by atoms with Crippen molar-refractivity contribution in [2.75, 3.05) is 87.0 Å². The number of carbonyl (C=O) groups excluding carboxylic acids is 3. The molecule has 0 fully saturated rings. The van der Waals surface area contributed by atoms with E-state index in [1.54, 1.807) is 58.8 Å². The fraction of sp³-hybridized carbons (Fsp3) is 0.864. The molecule has 0 radical (unpaired) electrons. The van der Waals surface area contributed by atoms with Crippen LogP contribution in [0.3, 0.4) is 0 Å². The van der Waals surface area contributed by atoms with Crippen LogP contribution in [0.1, 0.15) is 25.7 Å². The molecule has 1 unspecified atom stereocenters. The molecule has 0 rings (SSSR count). The van der Waals surface area contributed by atoms with Gasteiger partial charge in [-0.15, -0.1) is 47.0 Å². The van der Waals surface area contributed by atoms with Gasteiger partial charge < -0.3 is 19.7 Å². The van der Waals surface area contributed by atoms with E-state index in [0.29, 0.717) is 41.3 Å². The number of hydrogen-bond acceptors (Lipinski definition) is 15. The zero-order valence-corrected chi connectivity index (χ0v) is 28.1. The van der Waals surface area contributed by atoms with Crippen LogP contribution in [-0.2, 0) is 34.7 Å². The van der Waals surface area contributed by atoms with Gasteiger partial charge in [0.2, 0.25) is 0 Å². The predicted octanol–water partition coefficient (Wildman–Crippen LogP) is 3.86. The van der Waals surface area contributed by atoms with Gasteiger partial charge >= 0.3 is 11.9 Å². The minimum absolute atomic E-state index is 0.00427. The summed E-state index contributed by atoms with van der Waals surface area (Å²) in [6, 6.07) is 0. The number of esters is 2. The maximum atomic E-state index is 12.1. The summed E-state index contributed by atoms with van der Waals surface area (Å²) in [4.78, 5) is 34.5. The molecular formula is C22H40O8S8. The van der Waals surface area contributed by atoms with Crippen molar-refractivity contribution in [1.82, 2.24) is 0 Å². The first-order valence-electron chi connectivity index (χ1n) is 12.0. The van der Waals surface area contributed by atoms with Crippen LogP contribution in [0, 0.1) is 0 Å². The Morgan fingerprint density at radius 2 is 1.18 bits per heavy atom. The SMILES string of the molecule is O=C(CCCO)OCSCCSCSC(=O)CSCCSCCS(=O)CSCCSCOC(=O)CCCO. The Balaban J connectivity index is 3.35. The van der Waals surface area contributed by atoms with Gasteiger partial charge in [0, 0.05) is 88.0 Å². The van der Waals surface area contributed by atoms with E-state index >= 15 is 0 Å². The monoisotopic (exact) mass is 688 g/mol. The smallest absolute Gasteiger partial charge is 0.306 e. The second-order valence-corrected chi connectivity index (χ2v) is 17.1. The van der Waals surface area contributed by atoms with Crippen molar-refractivity contribution in [3.8, 4) is 0 Å². The van der Waals surface area contributed by atoms with Crippen LogP contribution in [-0.4, -0.2) is 119 Å². The lowest BCUT2D eigenvalue weighted by Crippen LogP contribution is -2.06. The average molecular weight is 689 g/mol. The molecule has 8 nitrogen and oxygen atoms in total. The van der Waals surface area contributed by atoms with Crippen LogP contribution in [0.25, 0.3) is 0 Å². The molecule has 16 heteroatoms. The van der Waals surface area contributed by atoms with E-state index in [-0.39, 0.29) is 43.1 Å². The van der Waals surface area contributed by atoms with E-state index in [2.05, 4.69) is 0 Å². The van der Waals surface area contributed by atoms with Gasteiger partial charge in [-0.3, -0.25) is 18.6 Å². The third-order valence-corrected chi connectivity index (χ3v) is 13.7. The fourth-order valence-corrected chi connectivity index (χ4v) is 10.9. The summed E-state index contributed by atoms with van der Waals surface area (Å²) in [6.07, 6.45) is 1.36. The molecule has 0 bridgehead atoms. The summed E-state index contributed by atoms with van der Waals surface area (Å²) in [6.45, 7) is -0.0107. The van der Waals surface area contributed by atoms with Crippen LogP contribution < -0.4 is 0 Å². The standard InChI is InChI=1S/C22H40O8S8/c23-5-1-3-20(25)29-16-33-9-11-35-18-37-22(27)15-32-8-7-31-13-14-38(28)19-36-12-10-34-17-30-21(26)4-2-6-24/h23-24H,1-19H2. The van der Waals surface area contributed by atoms with Gasteiger partial charge in [-0.1, -0.05) is 11.8 Å². The summed E-state index contributed by atoms with van der Waals surface area (Å²) in [5, 5.41) is 18.8. The van der Waals surface area contributed by atoms with Crippen molar-refractivity contribution < 1.29 is 38.3 Å². The number of ether oxygens (including phenoxy) is 2. The third-order valence-electron chi connectivity index (χ3n) is 3.99. The molecule has 38 heavy (non-hydrogen) atoms. The first-order valence-corrected chi connectivity index (χ1v) is 21.4. The molecule has 0 saturated heterocycles. The van der Waals surface area contributed by atoms with E-state index in [1.807, 2.05) is 0 Å². The molecule has 0 aromatic carbocycles. The fourth-order valence-electron chi connectivity index (χ4n) is 2.11. The third kappa shape index (κ3) is 30.1. The zero-order chi connectivity index (χ0) is 28.1. The lowest BCUT2D eigenvalue weighted by molar-refractivity contribution is -0.142. The van der Waals surface area contributed by atoms with E-state index < -0.39 is 10.8 Å². The van der Waals surface area contributed by atoms with Crippen molar-refractivity contribution in [3.05, 3.63) is 0 Å². The maximum Gasteiger partial charge on any atom is 0.306 e. The molecule has 0 heterocycles. The van der Waals surface area contributed by atoms with Crippen molar-refractivity contribution in [2.45, 2.75) is 25.7 Å². The van der Waals surface area contributed by atoms with Gasteiger partial charge in [-0.2, -0.15) is 23.5 Å². The lowest BCUT2D eigenvalue weighted by Gasteiger charge is -2.05. The topological polar surface area (TPSA) is 127 Å². The summed E-state index contributed by atoms with van der Waals surface area (Å²) >= 11 is 11.2. The molecule has 0 aromatic rings. The van der Waals surface area contributed by atoms with Crippen molar-refractivity contribution in [1.29, 1.82) is 0 Å². The van der Waals surface area contributed by atoms with E-state index in [1.165, 1.54) is 23.5 Å². The highest BCUT2D eigenvalue weighted by molar-refractivity contribution is 8.25. The molecule has 0 saturated carbocycles. The highest BCUT2D eigenvalue weighted by Crippen LogP contribution is 2.18. The Hall–Kier alpha value is 1.13. The minimum Gasteiger partial charge on any atom is -0.455 e. The van der Waals surface area contributed by atoms with Gasteiger partial charge in [0.1, 0.15) is 11.9 Å². The van der Waals surface area contributed by atoms with Crippen molar-refractivity contribution in [3.63, 3.8) is 0 Å². The number of aliphatic hydroxyl groups is 2. The second kappa shape index (κ2) is 31.1. The predicted molar refractivity (Wildman–Crippen MR) is 174 cm³/mol. The molecule has 0 aliphatic rings. The first-order chi connectivity index (χ1) is 18.5. The van der Waals surface area contributed by atoms with E-state index in [4.69, 9.17) is 19.7 Å². The number of rotatable bonds is 28. The Labute approximate surface area is 259 Å². The quantitative estimate of drug-likeness (QED) is 0.0701. The average Bonchev–Trinajstić information content (AvgIpc) is 2.90. The molecule has 0 aromatic heterocycles. The molecule has 0 aliphatic heterocycles. The molecule has 224 valence electrons. The Morgan fingerprint density at radius 1 is 0.658 bits per heavy atom. The largest absolute Gasteiger partial charge is 0.455 e. The summed E-state index contributed by atoms with van der Waals surface area (Å²) in [5.41, 5.74) is 0. The van der Waals surface area contributed by atoms with Crippen LogP contribution in [0.4, 0.5) is 0 Å². The highest BCUT2D eigenvalue weighted by Gasteiger charge is 2.06.